The molecule has 35 heavy (non-hydrogen) atoms. The van der Waals surface area contributed by atoms with Crippen LogP contribution in [-0.2, 0) is 14.3 Å². The molecule has 0 bridgehead atoms. The van der Waals surface area contributed by atoms with Gasteiger partial charge in [-0.25, -0.2) is 4.79 Å². The fourth-order valence-electron chi connectivity index (χ4n) is 4.30. The Bertz CT molecular complexity index is 870. The predicted molar refractivity (Wildman–Crippen MR) is 136 cm³/mol. The number of carbonyl (C=O) groups excluding carboxylic acids is 3. The minimum Gasteiger partial charge on any atom is -0.508 e. The summed E-state index contributed by atoms with van der Waals surface area (Å²) < 4.78 is 5.33. The summed E-state index contributed by atoms with van der Waals surface area (Å²) in [5.74, 6) is -0.575. The summed E-state index contributed by atoms with van der Waals surface area (Å²) in [4.78, 5) is 41.6. The molecule has 2 atom stereocenters. The third-order valence-corrected chi connectivity index (χ3v) is 6.53. The van der Waals surface area contributed by atoms with Crippen LogP contribution in [0.4, 0.5) is 4.79 Å². The average Bonchev–Trinajstić information content (AvgIpc) is 2.76. The predicted octanol–water partition coefficient (Wildman–Crippen LogP) is 4.81. The van der Waals surface area contributed by atoms with E-state index in [0.29, 0.717) is 12.0 Å². The van der Waals surface area contributed by atoms with E-state index in [4.69, 9.17) is 4.74 Å². The summed E-state index contributed by atoms with van der Waals surface area (Å²) >= 11 is 0. The Morgan fingerprint density at radius 1 is 1.06 bits per heavy atom. The number of hydrogen-bond donors (Lipinski definition) is 3. The Balaban J connectivity index is 2.43. The van der Waals surface area contributed by atoms with Crippen molar-refractivity contribution in [3.05, 3.63) is 29.8 Å². The number of aromatic hydroxyl groups is 1. The van der Waals surface area contributed by atoms with E-state index < -0.39 is 29.3 Å². The van der Waals surface area contributed by atoms with Crippen LogP contribution in [0.15, 0.2) is 24.3 Å². The third-order valence-electron chi connectivity index (χ3n) is 6.53. The molecule has 1 aliphatic rings. The minimum absolute atomic E-state index is 0.0647. The maximum Gasteiger partial charge on any atom is 0.408 e. The first-order valence-corrected chi connectivity index (χ1v) is 12.7. The molecule has 8 nitrogen and oxygen atoms in total. The molecule has 0 heterocycles. The Morgan fingerprint density at radius 3 is 2.14 bits per heavy atom. The second-order valence-electron chi connectivity index (χ2n) is 11.1. The summed E-state index contributed by atoms with van der Waals surface area (Å²) in [6.45, 7) is 12.6. The second kappa shape index (κ2) is 11.8. The van der Waals surface area contributed by atoms with Crippen molar-refractivity contribution in [3.63, 3.8) is 0 Å². The Kier molecular flexibility index (Phi) is 9.58. The zero-order valence-electron chi connectivity index (χ0n) is 22.3. The number of benzene rings is 1. The SMILES string of the molecule is CCC(C)(C)N(C(=O)C(C)NC(=O)OC(C)(C)C)C(C(=O)NC1CCCCC1)c1ccc(O)cc1. The fraction of sp³-hybridized carbons (Fsp3) is 0.667. The van der Waals surface area contributed by atoms with Gasteiger partial charge in [-0.1, -0.05) is 38.3 Å². The van der Waals surface area contributed by atoms with Crippen LogP contribution < -0.4 is 10.6 Å². The summed E-state index contributed by atoms with van der Waals surface area (Å²) in [5, 5.41) is 15.6. The molecule has 3 N–H and O–H groups in total. The van der Waals surface area contributed by atoms with Crippen molar-refractivity contribution in [3.8, 4) is 5.75 Å². The van der Waals surface area contributed by atoms with Crippen molar-refractivity contribution in [1.29, 1.82) is 0 Å². The van der Waals surface area contributed by atoms with Gasteiger partial charge in [-0.3, -0.25) is 9.59 Å². The molecular formula is C27H43N3O5. The quantitative estimate of drug-likeness (QED) is 0.486. The molecule has 2 unspecified atom stereocenters. The Hall–Kier alpha value is -2.77. The van der Waals surface area contributed by atoms with Gasteiger partial charge in [0.05, 0.1) is 0 Å². The van der Waals surface area contributed by atoms with E-state index in [1.165, 1.54) is 12.1 Å². The average molecular weight is 490 g/mol. The first-order chi connectivity index (χ1) is 16.2. The van der Waals surface area contributed by atoms with Gasteiger partial charge in [-0.15, -0.1) is 0 Å². The summed E-state index contributed by atoms with van der Waals surface area (Å²) in [6.07, 6.45) is 5.01. The molecule has 0 radical (unpaired) electrons. The molecule has 3 amide bonds. The number of rotatable bonds is 8. The molecule has 1 saturated carbocycles. The molecule has 1 aromatic carbocycles. The normalized spacial score (nSPS) is 16.7. The van der Waals surface area contributed by atoms with Crippen molar-refractivity contribution in [2.45, 2.75) is 116 Å². The van der Waals surface area contributed by atoms with E-state index in [1.807, 2.05) is 20.8 Å². The molecule has 8 heteroatoms. The number of nitrogens with zero attached hydrogens (tertiary/aromatic N) is 1. The van der Waals surface area contributed by atoms with Gasteiger partial charge in [-0.05, 0) is 78.5 Å². The number of nitrogens with one attached hydrogen (secondary N) is 2. The van der Waals surface area contributed by atoms with E-state index in [0.717, 1.165) is 32.1 Å². The molecule has 1 aromatic rings. The van der Waals surface area contributed by atoms with Crippen molar-refractivity contribution in [2.24, 2.45) is 0 Å². The zero-order chi connectivity index (χ0) is 26.4. The number of alkyl carbamates (subject to hydrolysis) is 1. The highest BCUT2D eigenvalue weighted by Gasteiger charge is 2.42. The van der Waals surface area contributed by atoms with E-state index >= 15 is 0 Å². The lowest BCUT2D eigenvalue weighted by atomic mass is 9.91. The largest absolute Gasteiger partial charge is 0.508 e. The van der Waals surface area contributed by atoms with Crippen LogP contribution in [0.3, 0.4) is 0 Å². The van der Waals surface area contributed by atoms with E-state index in [9.17, 15) is 19.5 Å². The van der Waals surface area contributed by atoms with E-state index in [-0.39, 0.29) is 23.6 Å². The monoisotopic (exact) mass is 489 g/mol. The number of carbonyl (C=O) groups is 3. The summed E-state index contributed by atoms with van der Waals surface area (Å²) in [7, 11) is 0. The molecular weight excluding hydrogens is 446 g/mol. The molecule has 0 saturated heterocycles. The van der Waals surface area contributed by atoms with Gasteiger partial charge in [-0.2, -0.15) is 0 Å². The lowest BCUT2D eigenvalue weighted by Crippen LogP contribution is -2.59. The van der Waals surface area contributed by atoms with Crippen LogP contribution in [-0.4, -0.2) is 51.1 Å². The molecule has 0 spiro atoms. The van der Waals surface area contributed by atoms with Crippen LogP contribution in [0.1, 0.15) is 98.6 Å². The van der Waals surface area contributed by atoms with Gasteiger partial charge < -0.3 is 25.4 Å². The van der Waals surface area contributed by atoms with Gasteiger partial charge in [0.25, 0.3) is 0 Å². The Morgan fingerprint density at radius 2 is 1.63 bits per heavy atom. The summed E-state index contributed by atoms with van der Waals surface area (Å²) in [5.41, 5.74) is -0.813. The summed E-state index contributed by atoms with van der Waals surface area (Å²) in [6, 6.07) is 4.58. The minimum atomic E-state index is -0.928. The number of ether oxygens (including phenoxy) is 1. The van der Waals surface area contributed by atoms with Gasteiger partial charge in [0, 0.05) is 11.6 Å². The lowest BCUT2D eigenvalue weighted by molar-refractivity contribution is -0.149. The van der Waals surface area contributed by atoms with Crippen molar-refractivity contribution < 1.29 is 24.2 Å². The first kappa shape index (κ1) is 28.5. The van der Waals surface area contributed by atoms with Gasteiger partial charge in [0.15, 0.2) is 0 Å². The van der Waals surface area contributed by atoms with Crippen LogP contribution in [0, 0.1) is 0 Å². The van der Waals surface area contributed by atoms with Gasteiger partial charge in [0.2, 0.25) is 11.8 Å². The van der Waals surface area contributed by atoms with Crippen LogP contribution in [0.25, 0.3) is 0 Å². The number of hydrogen-bond acceptors (Lipinski definition) is 5. The highest BCUT2D eigenvalue weighted by Crippen LogP contribution is 2.33. The van der Waals surface area contributed by atoms with E-state index in [1.54, 1.807) is 44.7 Å². The highest BCUT2D eigenvalue weighted by molar-refractivity contribution is 5.92. The first-order valence-electron chi connectivity index (χ1n) is 12.7. The molecule has 196 valence electrons. The standard InChI is InChI=1S/C27H43N3O5/c1-8-27(6,7)30(24(33)18(2)28-25(34)35-26(3,4)5)22(19-14-16-21(31)17-15-19)23(32)29-20-12-10-9-11-13-20/h14-18,20,22,31H,8-13H2,1-7H3,(H,28,34)(H,29,32). The number of phenolic OH excluding ortho intramolecular Hbond substituents is 1. The second-order valence-corrected chi connectivity index (χ2v) is 11.1. The van der Waals surface area contributed by atoms with Crippen molar-refractivity contribution in [1.82, 2.24) is 15.5 Å². The lowest BCUT2D eigenvalue weighted by Gasteiger charge is -2.44. The van der Waals surface area contributed by atoms with Gasteiger partial charge in [0.1, 0.15) is 23.4 Å². The van der Waals surface area contributed by atoms with Crippen molar-refractivity contribution >= 4 is 17.9 Å². The maximum absolute atomic E-state index is 13.9. The smallest absolute Gasteiger partial charge is 0.408 e. The van der Waals surface area contributed by atoms with Crippen LogP contribution in [0.2, 0.25) is 0 Å². The van der Waals surface area contributed by atoms with Gasteiger partial charge >= 0.3 is 6.09 Å². The fourth-order valence-corrected chi connectivity index (χ4v) is 4.30. The number of amides is 3. The molecule has 1 fully saturated rings. The highest BCUT2D eigenvalue weighted by atomic mass is 16.6. The third kappa shape index (κ3) is 8.15. The van der Waals surface area contributed by atoms with Crippen LogP contribution in [0.5, 0.6) is 5.75 Å². The maximum atomic E-state index is 13.9. The molecule has 0 aliphatic heterocycles. The number of phenols is 1. The zero-order valence-corrected chi connectivity index (χ0v) is 22.3. The molecule has 2 rings (SSSR count). The van der Waals surface area contributed by atoms with Crippen molar-refractivity contribution in [2.75, 3.05) is 0 Å². The van der Waals surface area contributed by atoms with Crippen LogP contribution >= 0.6 is 0 Å². The molecule has 0 aromatic heterocycles. The van der Waals surface area contributed by atoms with E-state index in [2.05, 4.69) is 10.6 Å². The topological polar surface area (TPSA) is 108 Å². The molecule has 1 aliphatic carbocycles. The Labute approximate surface area is 209 Å².